The molecule has 1 aromatic carbocycles. The molecule has 3 unspecified atom stereocenters. The zero-order valence-corrected chi connectivity index (χ0v) is 16.8. The van der Waals surface area contributed by atoms with Crippen molar-refractivity contribution >= 4 is 17.9 Å². The van der Waals surface area contributed by atoms with Gasteiger partial charge in [-0.15, -0.1) is 0 Å². The highest BCUT2D eigenvalue weighted by molar-refractivity contribution is 6.02. The third kappa shape index (κ3) is 3.61. The van der Waals surface area contributed by atoms with Crippen LogP contribution in [0.3, 0.4) is 0 Å². The molecule has 0 saturated carbocycles. The van der Waals surface area contributed by atoms with Gasteiger partial charge in [0.05, 0.1) is 6.61 Å². The van der Waals surface area contributed by atoms with Crippen LogP contribution in [0.1, 0.15) is 18.9 Å². The number of nitrogens with one attached hydrogen (secondary N) is 1. The van der Waals surface area contributed by atoms with Gasteiger partial charge in [0, 0.05) is 26.7 Å². The number of ether oxygens (including phenoxy) is 1. The van der Waals surface area contributed by atoms with Crippen molar-refractivity contribution in [3.63, 3.8) is 0 Å². The average Bonchev–Trinajstić information content (AvgIpc) is 3.11. The van der Waals surface area contributed by atoms with E-state index in [4.69, 9.17) is 4.74 Å². The summed E-state index contributed by atoms with van der Waals surface area (Å²) in [4.78, 5) is 44.8. The number of likely N-dealkylation sites (N-methyl/N-ethyl adjacent to an activating group) is 1. The van der Waals surface area contributed by atoms with Crippen LogP contribution in [-0.4, -0.2) is 89.3 Å². The van der Waals surface area contributed by atoms with Gasteiger partial charge < -0.3 is 9.64 Å². The summed E-state index contributed by atoms with van der Waals surface area (Å²) in [5.74, 6) is -0.921. The predicted molar refractivity (Wildman–Crippen MR) is 104 cm³/mol. The van der Waals surface area contributed by atoms with E-state index in [1.165, 1.54) is 10.5 Å². The standard InChI is InChI=1S/C20H27N5O4/c1-3-29-15(26)13-25-18(27)16-17(22(2)20(25)28)21-19-23(10-7-11-24(16)19)12-14-8-5-4-6-9-14/h4-6,8-9,16-17,19,21H,3,7,10-13H2,1-2H3. The third-order valence-corrected chi connectivity index (χ3v) is 5.79. The molecule has 9 heteroatoms. The fourth-order valence-corrected chi connectivity index (χ4v) is 4.46. The van der Waals surface area contributed by atoms with Crippen LogP contribution < -0.4 is 5.32 Å². The molecule has 3 fully saturated rings. The smallest absolute Gasteiger partial charge is 0.328 e. The topological polar surface area (TPSA) is 85.4 Å². The summed E-state index contributed by atoms with van der Waals surface area (Å²) < 4.78 is 4.94. The van der Waals surface area contributed by atoms with E-state index < -0.39 is 24.2 Å². The number of nitrogens with zero attached hydrogens (tertiary/aromatic N) is 4. The molecule has 3 atom stereocenters. The van der Waals surface area contributed by atoms with E-state index in [1.807, 2.05) is 18.2 Å². The van der Waals surface area contributed by atoms with Gasteiger partial charge in [0.25, 0.3) is 5.91 Å². The molecule has 3 heterocycles. The monoisotopic (exact) mass is 401 g/mol. The molecule has 3 aliphatic heterocycles. The molecule has 0 aliphatic carbocycles. The first-order chi connectivity index (χ1) is 14.0. The molecule has 29 heavy (non-hydrogen) atoms. The second kappa shape index (κ2) is 8.10. The van der Waals surface area contributed by atoms with Gasteiger partial charge in [0.15, 0.2) is 0 Å². The Morgan fingerprint density at radius 2 is 1.97 bits per heavy atom. The van der Waals surface area contributed by atoms with E-state index in [9.17, 15) is 14.4 Å². The minimum atomic E-state index is -0.576. The van der Waals surface area contributed by atoms with Gasteiger partial charge in [0.2, 0.25) is 0 Å². The molecule has 0 radical (unpaired) electrons. The fraction of sp³-hybridized carbons (Fsp3) is 0.550. The fourth-order valence-electron chi connectivity index (χ4n) is 4.46. The van der Waals surface area contributed by atoms with Gasteiger partial charge in [-0.05, 0) is 18.9 Å². The van der Waals surface area contributed by atoms with Gasteiger partial charge in [-0.2, -0.15) is 0 Å². The lowest BCUT2D eigenvalue weighted by atomic mass is 10.1. The average molecular weight is 401 g/mol. The Bertz CT molecular complexity index is 788. The van der Waals surface area contributed by atoms with Crippen molar-refractivity contribution in [2.75, 3.05) is 33.3 Å². The van der Waals surface area contributed by atoms with Gasteiger partial charge >= 0.3 is 12.0 Å². The number of urea groups is 1. The number of hydrogen-bond donors (Lipinski definition) is 1. The van der Waals surface area contributed by atoms with Crippen LogP contribution in [0.4, 0.5) is 4.79 Å². The van der Waals surface area contributed by atoms with Crippen molar-refractivity contribution in [1.29, 1.82) is 0 Å². The minimum Gasteiger partial charge on any atom is -0.465 e. The second-order valence-corrected chi connectivity index (χ2v) is 7.60. The van der Waals surface area contributed by atoms with E-state index in [1.54, 1.807) is 14.0 Å². The van der Waals surface area contributed by atoms with E-state index in [0.717, 1.165) is 31.0 Å². The zero-order valence-electron chi connectivity index (χ0n) is 16.8. The lowest BCUT2D eigenvalue weighted by molar-refractivity contribution is -0.151. The van der Waals surface area contributed by atoms with Crippen molar-refractivity contribution in [2.45, 2.75) is 38.4 Å². The number of rotatable bonds is 5. The van der Waals surface area contributed by atoms with Crippen molar-refractivity contribution in [3.8, 4) is 0 Å². The highest BCUT2D eigenvalue weighted by atomic mass is 16.5. The summed E-state index contributed by atoms with van der Waals surface area (Å²) in [5, 5.41) is 3.47. The maximum Gasteiger partial charge on any atom is 0.328 e. The molecule has 0 aromatic heterocycles. The molecule has 3 saturated heterocycles. The largest absolute Gasteiger partial charge is 0.465 e. The molecule has 4 rings (SSSR count). The van der Waals surface area contributed by atoms with E-state index in [-0.39, 0.29) is 25.3 Å². The van der Waals surface area contributed by atoms with Gasteiger partial charge in [-0.1, -0.05) is 30.3 Å². The highest BCUT2D eigenvalue weighted by Crippen LogP contribution is 2.31. The first-order valence-corrected chi connectivity index (χ1v) is 10.0. The number of carbonyl (C=O) groups excluding carboxylic acids is 3. The molecule has 0 bridgehead atoms. The molecule has 9 nitrogen and oxygen atoms in total. The Kier molecular flexibility index (Phi) is 5.53. The first-order valence-electron chi connectivity index (χ1n) is 10.0. The van der Waals surface area contributed by atoms with Crippen molar-refractivity contribution < 1.29 is 19.1 Å². The Balaban J connectivity index is 1.54. The quantitative estimate of drug-likeness (QED) is 0.707. The summed E-state index contributed by atoms with van der Waals surface area (Å²) in [6.07, 6.45) is 0.368. The van der Waals surface area contributed by atoms with E-state index >= 15 is 0 Å². The second-order valence-electron chi connectivity index (χ2n) is 7.60. The van der Waals surface area contributed by atoms with Crippen molar-refractivity contribution in [2.24, 2.45) is 0 Å². The van der Waals surface area contributed by atoms with Crippen LogP contribution >= 0.6 is 0 Å². The Hall–Kier alpha value is -2.49. The molecular weight excluding hydrogens is 374 g/mol. The number of amides is 3. The summed E-state index contributed by atoms with van der Waals surface area (Å²) in [6, 6.07) is 9.20. The lowest BCUT2D eigenvalue weighted by Gasteiger charge is -2.43. The first kappa shape index (κ1) is 19.8. The normalized spacial score (nSPS) is 27.7. The maximum absolute atomic E-state index is 13.2. The number of imide groups is 1. The summed E-state index contributed by atoms with van der Waals surface area (Å²) >= 11 is 0. The van der Waals surface area contributed by atoms with Gasteiger partial charge in [-0.25, -0.2) is 4.79 Å². The Morgan fingerprint density at radius 3 is 2.69 bits per heavy atom. The van der Waals surface area contributed by atoms with E-state index in [0.29, 0.717) is 0 Å². The molecule has 1 aromatic rings. The molecule has 156 valence electrons. The van der Waals surface area contributed by atoms with Crippen LogP contribution in [0.2, 0.25) is 0 Å². The van der Waals surface area contributed by atoms with Crippen LogP contribution in [0, 0.1) is 0 Å². The summed E-state index contributed by atoms with van der Waals surface area (Å²) in [5.41, 5.74) is 1.20. The highest BCUT2D eigenvalue weighted by Gasteiger charge is 2.56. The maximum atomic E-state index is 13.2. The van der Waals surface area contributed by atoms with Crippen LogP contribution in [0.5, 0.6) is 0 Å². The number of fused-ring (bicyclic) bond motifs is 3. The summed E-state index contributed by atoms with van der Waals surface area (Å²) in [6.45, 7) is 3.96. The van der Waals surface area contributed by atoms with Gasteiger partial charge in [0.1, 0.15) is 25.0 Å². The number of carbonyl (C=O) groups is 3. The van der Waals surface area contributed by atoms with Crippen molar-refractivity contribution in [1.82, 2.24) is 24.9 Å². The molecule has 3 amide bonds. The minimum absolute atomic E-state index is 0.138. The van der Waals surface area contributed by atoms with Gasteiger partial charge in [-0.3, -0.25) is 29.6 Å². The van der Waals surface area contributed by atoms with Crippen LogP contribution in [0.25, 0.3) is 0 Å². The Morgan fingerprint density at radius 1 is 1.21 bits per heavy atom. The third-order valence-electron chi connectivity index (χ3n) is 5.79. The SMILES string of the molecule is CCOC(=O)CN1C(=O)C2C(NC3N(Cc4ccccc4)CCCN23)N(C)C1=O. The molecule has 0 spiro atoms. The number of hydrogen-bond acceptors (Lipinski definition) is 7. The summed E-state index contributed by atoms with van der Waals surface area (Å²) in [7, 11) is 1.66. The van der Waals surface area contributed by atoms with Crippen molar-refractivity contribution in [3.05, 3.63) is 35.9 Å². The predicted octanol–water partition coefficient (Wildman–Crippen LogP) is 0.233. The molecular formula is C20H27N5O4. The molecule has 3 aliphatic rings. The zero-order chi connectivity index (χ0) is 20.5. The molecule has 1 N–H and O–H groups in total. The lowest BCUT2D eigenvalue weighted by Crippen LogP contribution is -2.67. The Labute approximate surface area is 170 Å². The van der Waals surface area contributed by atoms with Crippen LogP contribution in [-0.2, 0) is 20.9 Å². The number of esters is 1. The number of benzene rings is 1. The van der Waals surface area contributed by atoms with Crippen LogP contribution in [0.15, 0.2) is 30.3 Å². The van der Waals surface area contributed by atoms with E-state index in [2.05, 4.69) is 27.2 Å².